The quantitative estimate of drug-likeness (QED) is 0.638. The summed E-state index contributed by atoms with van der Waals surface area (Å²) in [5.41, 5.74) is 0.163. The number of nitrogens with zero attached hydrogens (tertiary/aromatic N) is 1. The number of carboxylic acid groups (broad SMARTS) is 1. The Labute approximate surface area is 110 Å². The number of nitrogens with one attached hydrogen (secondary N) is 1. The summed E-state index contributed by atoms with van der Waals surface area (Å²) in [5.74, 6) is -0.811. The van der Waals surface area contributed by atoms with Crippen molar-refractivity contribution in [1.82, 2.24) is 0 Å². The number of methoxy groups -OCH3 is 1. The van der Waals surface area contributed by atoms with E-state index >= 15 is 0 Å². The summed E-state index contributed by atoms with van der Waals surface area (Å²) < 4.78 is 5.50. The van der Waals surface area contributed by atoms with Gasteiger partial charge in [0.15, 0.2) is 0 Å². The molecule has 7 nitrogen and oxygen atoms in total. The smallest absolute Gasteiger partial charge is 0.337 e. The van der Waals surface area contributed by atoms with Crippen LogP contribution in [0.1, 0.15) is 10.4 Å². The SMILES string of the molecule is COc1cc(C(=O)O)c(NC=C[N+](=O)[O-])cc1Br. The second-order valence-electron chi connectivity index (χ2n) is 3.08. The Bertz CT molecular complexity index is 515. The number of rotatable bonds is 5. The molecule has 0 spiro atoms. The predicted octanol–water partition coefficient (Wildman–Crippen LogP) is 2.32. The normalized spacial score (nSPS) is 10.3. The summed E-state index contributed by atoms with van der Waals surface area (Å²) >= 11 is 3.20. The van der Waals surface area contributed by atoms with Crippen molar-refractivity contribution in [2.75, 3.05) is 12.4 Å². The van der Waals surface area contributed by atoms with Crippen LogP contribution in [0.25, 0.3) is 0 Å². The topological polar surface area (TPSA) is 102 Å². The molecule has 0 fully saturated rings. The minimum atomic E-state index is -1.17. The highest BCUT2D eigenvalue weighted by Crippen LogP contribution is 2.31. The number of benzene rings is 1. The van der Waals surface area contributed by atoms with Crippen LogP contribution in [0.4, 0.5) is 5.69 Å². The zero-order valence-corrected chi connectivity index (χ0v) is 10.8. The fourth-order valence-electron chi connectivity index (χ4n) is 1.19. The molecule has 0 radical (unpaired) electrons. The first-order valence-electron chi connectivity index (χ1n) is 4.63. The maximum Gasteiger partial charge on any atom is 0.337 e. The number of carbonyl (C=O) groups is 1. The summed E-state index contributed by atoms with van der Waals surface area (Å²) in [6.07, 6.45) is 1.71. The molecule has 96 valence electrons. The predicted molar refractivity (Wildman–Crippen MR) is 67.4 cm³/mol. The summed E-state index contributed by atoms with van der Waals surface area (Å²) in [5, 5.41) is 21.7. The number of ether oxygens (including phenoxy) is 1. The van der Waals surface area contributed by atoms with Gasteiger partial charge in [-0.05, 0) is 28.1 Å². The Balaban J connectivity index is 3.13. The van der Waals surface area contributed by atoms with Crippen LogP contribution in [0.2, 0.25) is 0 Å². The van der Waals surface area contributed by atoms with Crippen LogP contribution < -0.4 is 10.1 Å². The molecule has 0 unspecified atom stereocenters. The monoisotopic (exact) mass is 316 g/mol. The number of carboxylic acids is 1. The number of hydrogen-bond acceptors (Lipinski definition) is 5. The summed E-state index contributed by atoms with van der Waals surface area (Å²) in [6.45, 7) is 0. The van der Waals surface area contributed by atoms with Gasteiger partial charge in [-0.2, -0.15) is 0 Å². The first kappa shape index (κ1) is 14.0. The van der Waals surface area contributed by atoms with Gasteiger partial charge in [-0.3, -0.25) is 10.1 Å². The van der Waals surface area contributed by atoms with Gasteiger partial charge in [-0.1, -0.05) is 0 Å². The molecule has 8 heteroatoms. The highest BCUT2D eigenvalue weighted by molar-refractivity contribution is 9.10. The van der Waals surface area contributed by atoms with Crippen molar-refractivity contribution in [3.05, 3.63) is 44.7 Å². The van der Waals surface area contributed by atoms with E-state index in [1.807, 2.05) is 0 Å². The largest absolute Gasteiger partial charge is 0.496 e. The minimum absolute atomic E-state index is 0.0527. The lowest BCUT2D eigenvalue weighted by Gasteiger charge is -2.09. The molecule has 0 bridgehead atoms. The van der Waals surface area contributed by atoms with E-state index in [0.717, 1.165) is 6.20 Å². The molecule has 0 aliphatic carbocycles. The Morgan fingerprint density at radius 1 is 1.61 bits per heavy atom. The van der Waals surface area contributed by atoms with Crippen molar-refractivity contribution in [2.24, 2.45) is 0 Å². The van der Waals surface area contributed by atoms with E-state index in [9.17, 15) is 14.9 Å². The summed E-state index contributed by atoms with van der Waals surface area (Å²) in [4.78, 5) is 20.5. The molecule has 0 heterocycles. The molecule has 18 heavy (non-hydrogen) atoms. The van der Waals surface area contributed by atoms with Crippen LogP contribution in [0.3, 0.4) is 0 Å². The molecule has 1 rings (SSSR count). The minimum Gasteiger partial charge on any atom is -0.496 e. The van der Waals surface area contributed by atoms with Crippen molar-refractivity contribution in [1.29, 1.82) is 0 Å². The van der Waals surface area contributed by atoms with Crippen molar-refractivity contribution >= 4 is 27.6 Å². The molecular formula is C10H9BrN2O5. The van der Waals surface area contributed by atoms with Gasteiger partial charge in [0.1, 0.15) is 5.75 Å². The molecule has 0 aromatic heterocycles. The standard InChI is InChI=1S/C10H9BrN2O5/c1-18-9-4-6(10(14)15)8(5-7(9)11)12-2-3-13(16)17/h2-5,12H,1H3,(H,14,15). The van der Waals surface area contributed by atoms with Crippen molar-refractivity contribution < 1.29 is 19.6 Å². The lowest BCUT2D eigenvalue weighted by molar-refractivity contribution is -0.402. The van der Waals surface area contributed by atoms with Crippen molar-refractivity contribution in [3.63, 3.8) is 0 Å². The Morgan fingerprint density at radius 2 is 2.28 bits per heavy atom. The molecule has 0 amide bonds. The number of nitro groups is 1. The second kappa shape index (κ2) is 6.01. The van der Waals surface area contributed by atoms with Gasteiger partial charge < -0.3 is 15.2 Å². The molecular weight excluding hydrogens is 308 g/mol. The third kappa shape index (κ3) is 3.45. The van der Waals surface area contributed by atoms with E-state index in [-0.39, 0.29) is 11.3 Å². The molecule has 1 aromatic carbocycles. The van der Waals surface area contributed by atoms with Gasteiger partial charge >= 0.3 is 5.97 Å². The molecule has 0 saturated heterocycles. The van der Waals surface area contributed by atoms with Gasteiger partial charge in [0.2, 0.25) is 6.20 Å². The Morgan fingerprint density at radius 3 is 2.78 bits per heavy atom. The van der Waals surface area contributed by atoms with Gasteiger partial charge in [0, 0.05) is 0 Å². The summed E-state index contributed by atoms with van der Waals surface area (Å²) in [7, 11) is 1.41. The van der Waals surface area contributed by atoms with Crippen LogP contribution in [-0.4, -0.2) is 23.1 Å². The van der Waals surface area contributed by atoms with Crippen LogP contribution in [-0.2, 0) is 0 Å². The highest BCUT2D eigenvalue weighted by Gasteiger charge is 2.14. The lowest BCUT2D eigenvalue weighted by atomic mass is 10.1. The highest BCUT2D eigenvalue weighted by atomic mass is 79.9. The number of anilines is 1. The van der Waals surface area contributed by atoms with Gasteiger partial charge in [-0.15, -0.1) is 0 Å². The van der Waals surface area contributed by atoms with E-state index in [1.165, 1.54) is 19.2 Å². The van der Waals surface area contributed by atoms with Crippen LogP contribution in [0.15, 0.2) is 29.0 Å². The second-order valence-corrected chi connectivity index (χ2v) is 3.94. The van der Waals surface area contributed by atoms with Crippen LogP contribution in [0.5, 0.6) is 5.75 Å². The van der Waals surface area contributed by atoms with Gasteiger partial charge in [0.25, 0.3) is 0 Å². The fraction of sp³-hybridized carbons (Fsp3) is 0.100. The lowest BCUT2D eigenvalue weighted by Crippen LogP contribution is -2.03. The van der Waals surface area contributed by atoms with Gasteiger partial charge in [0.05, 0.1) is 34.0 Å². The van der Waals surface area contributed by atoms with Gasteiger partial charge in [-0.25, -0.2) is 4.79 Å². The molecule has 2 N–H and O–H groups in total. The maximum absolute atomic E-state index is 11.0. The third-order valence-corrected chi connectivity index (χ3v) is 2.58. The van der Waals surface area contributed by atoms with E-state index in [1.54, 1.807) is 0 Å². The first-order valence-corrected chi connectivity index (χ1v) is 5.42. The first-order chi connectivity index (χ1) is 8.45. The number of halogens is 1. The van der Waals surface area contributed by atoms with Crippen molar-refractivity contribution in [2.45, 2.75) is 0 Å². The molecule has 0 aliphatic rings. The average Bonchev–Trinajstić information content (AvgIpc) is 2.28. The zero-order valence-electron chi connectivity index (χ0n) is 9.21. The third-order valence-electron chi connectivity index (χ3n) is 1.96. The van der Waals surface area contributed by atoms with E-state index in [4.69, 9.17) is 9.84 Å². The van der Waals surface area contributed by atoms with E-state index < -0.39 is 10.9 Å². The number of hydrogen-bond donors (Lipinski definition) is 2. The number of aromatic carboxylic acids is 1. The molecule has 0 atom stereocenters. The molecule has 1 aromatic rings. The van der Waals surface area contributed by atoms with Crippen molar-refractivity contribution in [3.8, 4) is 5.75 Å². The molecule has 0 aliphatic heterocycles. The van der Waals surface area contributed by atoms with E-state index in [0.29, 0.717) is 16.4 Å². The Hall–Kier alpha value is -2.09. The zero-order chi connectivity index (χ0) is 13.7. The van der Waals surface area contributed by atoms with E-state index in [2.05, 4.69) is 21.2 Å². The van der Waals surface area contributed by atoms with Crippen LogP contribution in [0, 0.1) is 10.1 Å². The molecule has 0 saturated carbocycles. The fourth-order valence-corrected chi connectivity index (χ4v) is 1.70. The maximum atomic E-state index is 11.0. The van der Waals surface area contributed by atoms with Crippen LogP contribution >= 0.6 is 15.9 Å². The average molecular weight is 317 g/mol. The Kier molecular flexibility index (Phi) is 4.67. The summed E-state index contributed by atoms with van der Waals surface area (Å²) in [6, 6.07) is 2.78.